The maximum Gasteiger partial charge on any atom is 0.361 e. The lowest BCUT2D eigenvalue weighted by molar-refractivity contribution is -0.139. The third-order valence-corrected chi connectivity index (χ3v) is 9.70. The van der Waals surface area contributed by atoms with Crippen molar-refractivity contribution in [2.75, 3.05) is 5.75 Å². The highest BCUT2D eigenvalue weighted by Gasteiger charge is 2.27. The minimum absolute atomic E-state index is 0.0291. The van der Waals surface area contributed by atoms with E-state index in [1.807, 2.05) is 91.0 Å². The number of fused-ring (bicyclic) bond motifs is 3. The van der Waals surface area contributed by atoms with E-state index in [4.69, 9.17) is 16.4 Å². The highest BCUT2D eigenvalue weighted by molar-refractivity contribution is 7.99. The fraction of sp³-hybridized carbons (Fsp3) is 0.237. The molecule has 0 spiro atoms. The van der Waals surface area contributed by atoms with Crippen molar-refractivity contribution < 1.29 is 19.5 Å². The quantitative estimate of drug-likeness (QED) is 0.0578. The molecule has 8 heteroatoms. The molecule has 0 radical (unpaired) electrons. The third kappa shape index (κ3) is 6.97. The first-order valence-corrected chi connectivity index (χ1v) is 16.9. The van der Waals surface area contributed by atoms with Crippen molar-refractivity contribution in [3.63, 3.8) is 0 Å². The lowest BCUT2D eigenvalue weighted by atomic mass is 9.90. The van der Waals surface area contributed by atoms with Crippen LogP contribution in [0, 0.1) is 0 Å². The highest BCUT2D eigenvalue weighted by atomic mass is 35.5. The van der Waals surface area contributed by atoms with Crippen LogP contribution in [-0.4, -0.2) is 39.0 Å². The van der Waals surface area contributed by atoms with E-state index in [1.165, 1.54) is 5.69 Å². The van der Waals surface area contributed by atoms with Gasteiger partial charge >= 0.3 is 5.97 Å². The molecule has 2 aliphatic carbocycles. The second-order valence-electron chi connectivity index (χ2n) is 11.3. The Balaban J connectivity index is 1.30. The topological polar surface area (TPSA) is 80.9 Å². The summed E-state index contributed by atoms with van der Waals surface area (Å²) in [5.41, 5.74) is 6.26. The normalized spacial score (nSPS) is 15.2. The van der Waals surface area contributed by atoms with Gasteiger partial charge in [0.05, 0.1) is 5.71 Å². The van der Waals surface area contributed by atoms with E-state index in [2.05, 4.69) is 16.6 Å². The maximum absolute atomic E-state index is 13.3. The minimum atomic E-state index is -1.03. The zero-order valence-electron chi connectivity index (χ0n) is 25.6. The number of aliphatic hydroxyl groups excluding tert-OH is 1. The van der Waals surface area contributed by atoms with E-state index < -0.39 is 12.1 Å². The van der Waals surface area contributed by atoms with Gasteiger partial charge in [-0.1, -0.05) is 71.4 Å². The summed E-state index contributed by atoms with van der Waals surface area (Å²) in [5, 5.41) is 17.6. The fourth-order valence-electron chi connectivity index (χ4n) is 6.04. The molecular formula is C38H35ClN2O4S. The molecule has 1 N–H and O–H groups in total. The zero-order valence-corrected chi connectivity index (χ0v) is 27.2. The average Bonchev–Trinajstić information content (AvgIpc) is 3.42. The van der Waals surface area contributed by atoms with Crippen LogP contribution >= 0.6 is 23.4 Å². The molecule has 6 nitrogen and oxygen atoms in total. The van der Waals surface area contributed by atoms with Crippen LogP contribution in [0.15, 0.2) is 112 Å². The Morgan fingerprint density at radius 2 is 1.83 bits per heavy atom. The smallest absolute Gasteiger partial charge is 0.361 e. The Hall–Kier alpha value is -4.17. The number of allylic oxidation sites excluding steroid dienone is 3. The van der Waals surface area contributed by atoms with Gasteiger partial charge in [-0.3, -0.25) is 4.79 Å². The van der Waals surface area contributed by atoms with Gasteiger partial charge < -0.3 is 14.5 Å². The van der Waals surface area contributed by atoms with Gasteiger partial charge in [0.1, 0.15) is 6.10 Å². The number of carbonyl (C=O) groups excluding carboxylic acids is 2. The molecule has 0 bridgehead atoms. The molecule has 6 rings (SSSR count). The van der Waals surface area contributed by atoms with Crippen LogP contribution in [0.1, 0.15) is 59.8 Å². The number of carbonyl (C=O) groups is 2. The number of rotatable bonds is 11. The van der Waals surface area contributed by atoms with Crippen LogP contribution in [0.2, 0.25) is 5.02 Å². The summed E-state index contributed by atoms with van der Waals surface area (Å²) in [7, 11) is 0. The van der Waals surface area contributed by atoms with E-state index in [1.54, 1.807) is 17.8 Å². The molecule has 1 aromatic heterocycles. The Labute approximate surface area is 278 Å². The van der Waals surface area contributed by atoms with Crippen molar-refractivity contribution in [2.24, 2.45) is 5.16 Å². The van der Waals surface area contributed by atoms with Crippen molar-refractivity contribution in [2.45, 2.75) is 56.6 Å². The number of halogens is 1. The number of ketones is 1. The first-order valence-electron chi connectivity index (χ1n) is 15.6. The van der Waals surface area contributed by atoms with Gasteiger partial charge in [0, 0.05) is 67.5 Å². The first-order chi connectivity index (χ1) is 22.4. The van der Waals surface area contributed by atoms with Crippen LogP contribution in [0.25, 0.3) is 17.0 Å². The molecule has 3 aromatic carbocycles. The van der Waals surface area contributed by atoms with Crippen molar-refractivity contribution >= 4 is 57.8 Å². The van der Waals surface area contributed by atoms with E-state index in [0.717, 1.165) is 46.3 Å². The SMILES string of the molecule is CCn1c2c(c3cc(C(=O)c4ccccc4)ccc31)C=C(C(O)/C(CCSc1ccc(Cl)cc1)=N/OC(=O)C1=CC=CCC1)CC2. The number of thioether (sulfide) groups is 1. The molecule has 2 aliphatic rings. The fourth-order valence-corrected chi connectivity index (χ4v) is 7.04. The molecule has 0 saturated heterocycles. The lowest BCUT2D eigenvalue weighted by Crippen LogP contribution is -2.26. The monoisotopic (exact) mass is 650 g/mol. The number of oxime groups is 1. The Morgan fingerprint density at radius 3 is 2.57 bits per heavy atom. The number of aryl methyl sites for hydroxylation is 1. The molecule has 1 atom stereocenters. The molecule has 46 heavy (non-hydrogen) atoms. The molecule has 0 amide bonds. The summed E-state index contributed by atoms with van der Waals surface area (Å²) < 4.78 is 2.28. The molecular weight excluding hydrogens is 616 g/mol. The van der Waals surface area contributed by atoms with Gasteiger partial charge in [-0.15, -0.1) is 11.8 Å². The number of benzene rings is 3. The molecule has 0 aliphatic heterocycles. The molecule has 0 saturated carbocycles. The summed E-state index contributed by atoms with van der Waals surface area (Å²) >= 11 is 7.67. The van der Waals surface area contributed by atoms with Gasteiger partial charge in [-0.25, -0.2) is 4.79 Å². The maximum atomic E-state index is 13.3. The Morgan fingerprint density at radius 1 is 1.02 bits per heavy atom. The zero-order chi connectivity index (χ0) is 32.0. The largest absolute Gasteiger partial charge is 0.383 e. The van der Waals surface area contributed by atoms with Crippen molar-refractivity contribution in [1.29, 1.82) is 0 Å². The summed E-state index contributed by atoms with van der Waals surface area (Å²) in [6.45, 7) is 2.91. The van der Waals surface area contributed by atoms with Crippen LogP contribution < -0.4 is 0 Å². The van der Waals surface area contributed by atoms with Crippen LogP contribution in [0.4, 0.5) is 0 Å². The van der Waals surface area contributed by atoms with E-state index in [0.29, 0.717) is 52.4 Å². The molecule has 0 fully saturated rings. The second kappa shape index (κ2) is 14.5. The van der Waals surface area contributed by atoms with Crippen molar-refractivity contribution in [3.05, 3.63) is 130 Å². The van der Waals surface area contributed by atoms with Crippen molar-refractivity contribution in [1.82, 2.24) is 4.57 Å². The molecule has 1 unspecified atom stereocenters. The van der Waals surface area contributed by atoms with E-state index in [9.17, 15) is 14.7 Å². The predicted octanol–water partition coefficient (Wildman–Crippen LogP) is 8.59. The Kier molecular flexibility index (Phi) is 10.0. The first kappa shape index (κ1) is 31.8. The second-order valence-corrected chi connectivity index (χ2v) is 12.9. The summed E-state index contributed by atoms with van der Waals surface area (Å²) in [6.07, 6.45) is 9.75. The number of hydrogen-bond acceptors (Lipinski definition) is 6. The van der Waals surface area contributed by atoms with Gasteiger partial charge in [0.25, 0.3) is 0 Å². The molecule has 4 aromatic rings. The number of aliphatic hydroxyl groups is 1. The standard InChI is InChI=1S/C38H35ClN2O4S/c1-2-41-34-19-13-27(36(42)25-9-5-3-6-10-25)23-31(34)32-24-28(14-20-35(32)41)37(43)33(21-22-46-30-17-15-29(39)16-18-30)40-45-38(44)26-11-7-4-8-12-26/h3-7,9-11,13,15-19,23-24,37,43H,2,8,12,14,20-22H2,1H3/b40-33+. The van der Waals surface area contributed by atoms with Crippen LogP contribution in [0.3, 0.4) is 0 Å². The highest BCUT2D eigenvalue weighted by Crippen LogP contribution is 2.36. The van der Waals surface area contributed by atoms with Crippen LogP contribution in [-0.2, 0) is 22.6 Å². The van der Waals surface area contributed by atoms with Gasteiger partial charge in [0.2, 0.25) is 0 Å². The minimum Gasteiger partial charge on any atom is -0.383 e. The van der Waals surface area contributed by atoms with E-state index >= 15 is 0 Å². The summed E-state index contributed by atoms with van der Waals surface area (Å²) in [5.74, 6) is 0.0959. The summed E-state index contributed by atoms with van der Waals surface area (Å²) in [4.78, 5) is 32.6. The van der Waals surface area contributed by atoms with Gasteiger partial charge in [0.15, 0.2) is 5.78 Å². The van der Waals surface area contributed by atoms with Gasteiger partial charge in [-0.05, 0) is 80.6 Å². The van der Waals surface area contributed by atoms with E-state index in [-0.39, 0.29) is 5.78 Å². The molecule has 234 valence electrons. The van der Waals surface area contributed by atoms with Gasteiger partial charge in [-0.2, -0.15) is 0 Å². The number of aromatic nitrogens is 1. The average molecular weight is 651 g/mol. The molecule has 1 heterocycles. The third-order valence-electron chi connectivity index (χ3n) is 8.44. The number of nitrogens with zero attached hydrogens (tertiary/aromatic N) is 2. The van der Waals surface area contributed by atoms with Crippen LogP contribution in [0.5, 0.6) is 0 Å². The number of hydrogen-bond donors (Lipinski definition) is 1. The summed E-state index contributed by atoms with van der Waals surface area (Å²) in [6, 6.07) is 22.8. The Bertz CT molecular complexity index is 1890. The predicted molar refractivity (Wildman–Crippen MR) is 187 cm³/mol. The lowest BCUT2D eigenvalue weighted by Gasteiger charge is -2.21. The van der Waals surface area contributed by atoms with Crippen molar-refractivity contribution in [3.8, 4) is 0 Å².